The first kappa shape index (κ1) is 33.5. The van der Waals surface area contributed by atoms with Crippen LogP contribution in [-0.2, 0) is 36.8 Å². The first-order chi connectivity index (χ1) is 21.9. The van der Waals surface area contributed by atoms with Crippen molar-refractivity contribution in [3.63, 3.8) is 0 Å². The molecule has 0 aliphatic heterocycles. The van der Waals surface area contributed by atoms with E-state index in [0.717, 1.165) is 51.2 Å². The number of hydrogen-bond donors (Lipinski definition) is 3. The topological polar surface area (TPSA) is 136 Å². The van der Waals surface area contributed by atoms with Gasteiger partial charge >= 0.3 is 11.9 Å². The van der Waals surface area contributed by atoms with Gasteiger partial charge in [-0.25, -0.2) is 9.59 Å². The summed E-state index contributed by atoms with van der Waals surface area (Å²) < 4.78 is 4.62. The lowest BCUT2D eigenvalue weighted by molar-refractivity contribution is -0.135. The average molecular weight is 649 g/mol. The van der Waals surface area contributed by atoms with E-state index in [0.29, 0.717) is 50.5 Å². The van der Waals surface area contributed by atoms with Gasteiger partial charge in [0.05, 0.1) is 7.11 Å². The van der Waals surface area contributed by atoms with E-state index in [-0.39, 0.29) is 11.8 Å². The number of ether oxygens (including phenoxy) is 1. The number of benzene rings is 2. The molecule has 2 heterocycles. The van der Waals surface area contributed by atoms with E-state index < -0.39 is 11.9 Å². The molecular formula is C33H36N4O6S2. The molecule has 3 N–H and O–H groups in total. The van der Waals surface area contributed by atoms with Crippen LogP contribution in [0.3, 0.4) is 0 Å². The SMILES string of the molecule is COC(=O)C=CC(=O)N(CCSSCCN(CCc1c[nH]c2ccccc12)C(=O)C=CC(=O)O)CCc1c[nH]c2ccccc12. The normalized spacial score (nSPS) is 11.5. The number of esters is 1. The van der Waals surface area contributed by atoms with Crippen LogP contribution >= 0.6 is 21.6 Å². The van der Waals surface area contributed by atoms with Crippen molar-refractivity contribution in [2.75, 3.05) is 44.8 Å². The van der Waals surface area contributed by atoms with Crippen molar-refractivity contribution in [1.82, 2.24) is 19.8 Å². The van der Waals surface area contributed by atoms with Gasteiger partial charge in [-0.05, 0) is 36.1 Å². The van der Waals surface area contributed by atoms with Crippen LogP contribution in [0.1, 0.15) is 11.1 Å². The van der Waals surface area contributed by atoms with Crippen molar-refractivity contribution in [3.05, 3.63) is 96.4 Å². The molecule has 4 rings (SSSR count). The number of H-pyrrole nitrogens is 2. The largest absolute Gasteiger partial charge is 0.478 e. The summed E-state index contributed by atoms with van der Waals surface area (Å²) in [6.07, 6.45) is 9.49. The van der Waals surface area contributed by atoms with E-state index in [1.54, 1.807) is 31.4 Å². The standard InChI is InChI=1S/C33H36N4O6S2/c1-43-33(42)13-11-31(39)37(17-15-25-23-35-29-9-5-3-7-27(25)29)19-21-45-44-20-18-36(30(38)10-12-32(40)41)16-14-24-22-34-28-8-4-2-6-26(24)28/h2-13,22-23,34-35H,14-21H2,1H3,(H,40,41). The maximum Gasteiger partial charge on any atom is 0.330 e. The van der Waals surface area contributed by atoms with Crippen molar-refractivity contribution in [2.45, 2.75) is 12.8 Å². The number of carboxylic acids is 1. The molecule has 2 amide bonds. The highest BCUT2D eigenvalue weighted by Gasteiger charge is 2.15. The number of fused-ring (bicyclic) bond motifs is 2. The Kier molecular flexibility index (Phi) is 12.8. The number of aliphatic carboxylic acids is 1. The third kappa shape index (κ3) is 10.0. The fraction of sp³-hybridized carbons (Fsp3) is 0.273. The van der Waals surface area contributed by atoms with Gasteiger partial charge in [0.2, 0.25) is 11.8 Å². The highest BCUT2D eigenvalue weighted by Crippen LogP contribution is 2.23. The van der Waals surface area contributed by atoms with Crippen molar-refractivity contribution >= 4 is 67.1 Å². The molecule has 0 bridgehead atoms. The van der Waals surface area contributed by atoms with Gasteiger partial charge in [0.25, 0.3) is 0 Å². The Morgan fingerprint density at radius 1 is 0.711 bits per heavy atom. The second-order valence-electron chi connectivity index (χ2n) is 10.0. The van der Waals surface area contributed by atoms with Crippen LogP contribution in [0.15, 0.2) is 85.2 Å². The third-order valence-electron chi connectivity index (χ3n) is 7.18. The van der Waals surface area contributed by atoms with Crippen molar-refractivity contribution < 1.29 is 29.0 Å². The van der Waals surface area contributed by atoms with E-state index in [1.165, 1.54) is 13.2 Å². The zero-order valence-corrected chi connectivity index (χ0v) is 26.6. The lowest BCUT2D eigenvalue weighted by atomic mass is 10.1. The minimum absolute atomic E-state index is 0.273. The van der Waals surface area contributed by atoms with Crippen LogP contribution in [0.5, 0.6) is 0 Å². The number of para-hydroxylation sites is 2. The Labute approximate surface area is 269 Å². The summed E-state index contributed by atoms with van der Waals surface area (Å²) in [5.41, 5.74) is 4.26. The molecule has 0 spiro atoms. The van der Waals surface area contributed by atoms with Gasteiger partial charge in [0.15, 0.2) is 0 Å². The van der Waals surface area contributed by atoms with Gasteiger partial charge in [-0.15, -0.1) is 0 Å². The number of carbonyl (C=O) groups is 4. The molecule has 45 heavy (non-hydrogen) atoms. The molecule has 2 aromatic carbocycles. The quantitative estimate of drug-likeness (QED) is 0.0641. The second-order valence-corrected chi connectivity index (χ2v) is 12.7. The number of nitrogens with one attached hydrogen (secondary N) is 2. The maximum absolute atomic E-state index is 12.9. The number of carbonyl (C=O) groups excluding carboxylic acids is 3. The van der Waals surface area contributed by atoms with E-state index in [1.807, 2.05) is 60.9 Å². The molecule has 0 atom stereocenters. The van der Waals surface area contributed by atoms with Crippen LogP contribution in [0.4, 0.5) is 0 Å². The lowest BCUT2D eigenvalue weighted by Crippen LogP contribution is -2.34. The predicted molar refractivity (Wildman–Crippen MR) is 180 cm³/mol. The summed E-state index contributed by atoms with van der Waals surface area (Å²) in [6, 6.07) is 16.0. The van der Waals surface area contributed by atoms with Gasteiger partial charge in [-0.1, -0.05) is 58.0 Å². The molecule has 0 radical (unpaired) electrons. The van der Waals surface area contributed by atoms with Crippen molar-refractivity contribution in [1.29, 1.82) is 0 Å². The Bertz CT molecular complexity index is 1680. The number of rotatable bonds is 17. The maximum atomic E-state index is 12.9. The second kappa shape index (κ2) is 17.2. The molecule has 12 heteroatoms. The number of amides is 2. The number of aromatic amines is 2. The van der Waals surface area contributed by atoms with Gasteiger partial charge in [-0.2, -0.15) is 0 Å². The molecule has 10 nitrogen and oxygen atoms in total. The number of nitrogens with zero attached hydrogens (tertiary/aromatic N) is 2. The smallest absolute Gasteiger partial charge is 0.330 e. The average Bonchev–Trinajstić information content (AvgIpc) is 3.67. The first-order valence-electron chi connectivity index (χ1n) is 14.4. The lowest BCUT2D eigenvalue weighted by Gasteiger charge is -2.22. The van der Waals surface area contributed by atoms with Crippen LogP contribution in [0, 0.1) is 0 Å². The zero-order chi connectivity index (χ0) is 32.0. The Hall–Kier alpha value is -4.42. The third-order valence-corrected chi connectivity index (χ3v) is 9.54. The highest BCUT2D eigenvalue weighted by atomic mass is 33.1. The number of carboxylic acid groups (broad SMARTS) is 1. The van der Waals surface area contributed by atoms with Crippen LogP contribution in [-0.4, -0.2) is 93.4 Å². The molecule has 0 aliphatic rings. The fourth-order valence-electron chi connectivity index (χ4n) is 4.83. The van der Waals surface area contributed by atoms with E-state index in [4.69, 9.17) is 5.11 Å². The predicted octanol–water partition coefficient (Wildman–Crippen LogP) is 4.84. The van der Waals surface area contributed by atoms with E-state index in [2.05, 4.69) is 14.7 Å². The molecule has 0 unspecified atom stereocenters. The molecule has 2 aromatic heterocycles. The summed E-state index contributed by atoms with van der Waals surface area (Å²) in [6.45, 7) is 1.82. The molecule has 236 valence electrons. The summed E-state index contributed by atoms with van der Waals surface area (Å²) >= 11 is 0. The summed E-state index contributed by atoms with van der Waals surface area (Å²) in [4.78, 5) is 58.2. The molecule has 0 aliphatic carbocycles. The van der Waals surface area contributed by atoms with Gasteiger partial charge in [-0.3, -0.25) is 9.59 Å². The van der Waals surface area contributed by atoms with Crippen LogP contribution in [0.2, 0.25) is 0 Å². The van der Waals surface area contributed by atoms with Crippen molar-refractivity contribution in [3.8, 4) is 0 Å². The van der Waals surface area contributed by atoms with Gasteiger partial charge < -0.3 is 29.6 Å². The number of methoxy groups -OCH3 is 1. The highest BCUT2D eigenvalue weighted by molar-refractivity contribution is 8.76. The Morgan fingerprint density at radius 3 is 1.64 bits per heavy atom. The Morgan fingerprint density at radius 2 is 1.18 bits per heavy atom. The summed E-state index contributed by atoms with van der Waals surface area (Å²) in [7, 11) is 4.44. The first-order valence-corrected chi connectivity index (χ1v) is 16.9. The van der Waals surface area contributed by atoms with Crippen LogP contribution in [0.25, 0.3) is 21.8 Å². The molecular weight excluding hydrogens is 613 g/mol. The molecule has 0 fully saturated rings. The zero-order valence-electron chi connectivity index (χ0n) is 24.9. The van der Waals surface area contributed by atoms with Crippen LogP contribution < -0.4 is 0 Å². The summed E-state index contributed by atoms with van der Waals surface area (Å²) in [5, 5.41) is 11.2. The van der Waals surface area contributed by atoms with Crippen molar-refractivity contribution in [2.24, 2.45) is 0 Å². The van der Waals surface area contributed by atoms with E-state index >= 15 is 0 Å². The molecule has 4 aromatic rings. The molecule has 0 saturated carbocycles. The minimum Gasteiger partial charge on any atom is -0.478 e. The summed E-state index contributed by atoms with van der Waals surface area (Å²) in [5.74, 6) is -1.13. The van der Waals surface area contributed by atoms with Gasteiger partial charge in [0, 0.05) is 96.2 Å². The number of hydrogen-bond acceptors (Lipinski definition) is 7. The van der Waals surface area contributed by atoms with Gasteiger partial charge in [0.1, 0.15) is 0 Å². The monoisotopic (exact) mass is 648 g/mol. The van der Waals surface area contributed by atoms with E-state index in [9.17, 15) is 19.2 Å². The minimum atomic E-state index is -1.17. The number of aromatic nitrogens is 2. The fourth-order valence-corrected chi connectivity index (χ4v) is 6.81. The molecule has 0 saturated heterocycles. The Balaban J connectivity index is 1.29.